The van der Waals surface area contributed by atoms with Crippen LogP contribution in [0.5, 0.6) is 0 Å². The number of rotatable bonds is 5. The van der Waals surface area contributed by atoms with Gasteiger partial charge in [0.05, 0.1) is 0 Å². The second-order valence-corrected chi connectivity index (χ2v) is 11.6. The summed E-state index contributed by atoms with van der Waals surface area (Å²) in [5, 5.41) is 7.03. The number of benzene rings is 1. The van der Waals surface area contributed by atoms with E-state index in [1.165, 1.54) is 63.4 Å². The molecular weight excluding hydrogens is 422 g/mol. The van der Waals surface area contributed by atoms with Gasteiger partial charge in [-0.15, -0.1) is 0 Å². The molecule has 6 rings (SSSR count). The van der Waals surface area contributed by atoms with Crippen LogP contribution in [-0.2, 0) is 17.8 Å². The van der Waals surface area contributed by atoms with E-state index in [1.807, 2.05) is 6.07 Å². The van der Waals surface area contributed by atoms with Gasteiger partial charge in [-0.25, -0.2) is 0 Å². The van der Waals surface area contributed by atoms with E-state index in [4.69, 9.17) is 0 Å². The van der Waals surface area contributed by atoms with E-state index in [0.29, 0.717) is 24.9 Å². The Kier molecular flexibility index (Phi) is 6.00. The van der Waals surface area contributed by atoms with Gasteiger partial charge in [-0.3, -0.25) is 9.59 Å². The van der Waals surface area contributed by atoms with Gasteiger partial charge in [0.2, 0.25) is 5.91 Å². The molecule has 1 aromatic carbocycles. The van der Waals surface area contributed by atoms with Crippen molar-refractivity contribution in [1.82, 2.24) is 15.5 Å². The van der Waals surface area contributed by atoms with Gasteiger partial charge in [0.25, 0.3) is 5.91 Å². The Morgan fingerprint density at radius 3 is 2.56 bits per heavy atom. The summed E-state index contributed by atoms with van der Waals surface area (Å²) in [6.07, 6.45) is 14.9. The molecule has 4 fully saturated rings. The van der Waals surface area contributed by atoms with Crippen molar-refractivity contribution < 1.29 is 9.59 Å². The molecule has 0 spiro atoms. The Bertz CT molecular complexity index is 972. The summed E-state index contributed by atoms with van der Waals surface area (Å²) in [6, 6.07) is 7.43. The summed E-state index contributed by atoms with van der Waals surface area (Å²) in [7, 11) is 0. The largest absolute Gasteiger partial charge is 0.329 e. The Morgan fingerprint density at radius 1 is 0.971 bits per heavy atom. The van der Waals surface area contributed by atoms with Crippen molar-refractivity contribution in [3.05, 3.63) is 47.2 Å². The number of allylic oxidation sites excluding steroid dienone is 1. The zero-order chi connectivity index (χ0) is 23.2. The molecular formula is C29H39N3O2. The standard InChI is InChI=1S/C29H39N3O2/c1-18-9-14-26(28(33)30-18)32-17-23-16-19(10-13-24(23)29(32)34)15-22-5-2-3-8-25(22)31-27-20-6-4-7-21(27)12-11-20/h10,13,16,20-22,25-27,31H,1-9,11-12,14-15,17H2,(H,30,33)/t20?,21?,22-,25+,26?,27?/m1/s1. The molecule has 3 saturated carbocycles. The second kappa shape index (κ2) is 9.14. The van der Waals surface area contributed by atoms with Crippen LogP contribution in [-0.4, -0.2) is 34.8 Å². The number of hydrogen-bond donors (Lipinski definition) is 2. The molecule has 2 aliphatic heterocycles. The molecule has 5 nitrogen and oxygen atoms in total. The maximum atomic E-state index is 13.1. The van der Waals surface area contributed by atoms with Crippen molar-refractivity contribution in [2.24, 2.45) is 17.8 Å². The summed E-state index contributed by atoms with van der Waals surface area (Å²) < 4.78 is 0. The zero-order valence-electron chi connectivity index (χ0n) is 20.4. The Morgan fingerprint density at radius 2 is 1.76 bits per heavy atom. The molecule has 0 aromatic heterocycles. The molecule has 1 aromatic rings. The molecule has 5 atom stereocenters. The van der Waals surface area contributed by atoms with Gasteiger partial charge in [0.15, 0.2) is 0 Å². The van der Waals surface area contributed by atoms with E-state index in [2.05, 4.69) is 29.3 Å². The van der Waals surface area contributed by atoms with Gasteiger partial charge in [-0.2, -0.15) is 0 Å². The third-order valence-electron chi connectivity index (χ3n) is 9.59. The third-order valence-corrected chi connectivity index (χ3v) is 9.59. The van der Waals surface area contributed by atoms with Crippen molar-refractivity contribution >= 4 is 11.8 Å². The molecule has 0 radical (unpaired) electrons. The minimum Gasteiger partial charge on any atom is -0.329 e. The molecule has 3 unspecified atom stereocenters. The number of amides is 2. The molecule has 2 heterocycles. The molecule has 1 saturated heterocycles. The average Bonchev–Trinajstić information content (AvgIpc) is 3.24. The molecule has 5 heteroatoms. The summed E-state index contributed by atoms with van der Waals surface area (Å²) in [5.41, 5.74) is 3.97. The summed E-state index contributed by atoms with van der Waals surface area (Å²) in [6.45, 7) is 4.41. The van der Waals surface area contributed by atoms with Crippen LogP contribution in [0.25, 0.3) is 0 Å². The van der Waals surface area contributed by atoms with E-state index in [1.54, 1.807) is 4.90 Å². The fraction of sp³-hybridized carbons (Fsp3) is 0.655. The monoisotopic (exact) mass is 461 g/mol. The number of fused-ring (bicyclic) bond motifs is 3. The molecule has 2 amide bonds. The maximum absolute atomic E-state index is 13.1. The summed E-state index contributed by atoms with van der Waals surface area (Å²) >= 11 is 0. The van der Waals surface area contributed by atoms with Crippen LogP contribution in [0.1, 0.15) is 92.1 Å². The minimum absolute atomic E-state index is 0.000745. The van der Waals surface area contributed by atoms with Crippen molar-refractivity contribution in [3.63, 3.8) is 0 Å². The lowest BCUT2D eigenvalue weighted by Crippen LogP contribution is -2.49. The molecule has 182 valence electrons. The van der Waals surface area contributed by atoms with E-state index in [9.17, 15) is 9.59 Å². The van der Waals surface area contributed by atoms with Gasteiger partial charge in [0.1, 0.15) is 6.04 Å². The number of hydrogen-bond acceptors (Lipinski definition) is 3. The molecule has 3 aliphatic carbocycles. The lowest BCUT2D eigenvalue weighted by Gasteiger charge is -2.39. The fourth-order valence-corrected chi connectivity index (χ4v) is 7.79. The van der Waals surface area contributed by atoms with Crippen LogP contribution in [0.2, 0.25) is 0 Å². The SMILES string of the molecule is C=C1CCC(N2Cc3cc(C[C@H]4CCCC[C@@H]4NC4C5CCCC4CC5)ccc3C2=O)C(=O)N1. The van der Waals surface area contributed by atoms with Crippen LogP contribution in [0.15, 0.2) is 30.5 Å². The van der Waals surface area contributed by atoms with E-state index in [0.717, 1.165) is 47.5 Å². The van der Waals surface area contributed by atoms with Gasteiger partial charge in [-0.1, -0.05) is 38.0 Å². The van der Waals surface area contributed by atoms with E-state index < -0.39 is 0 Å². The van der Waals surface area contributed by atoms with E-state index >= 15 is 0 Å². The first kappa shape index (κ1) is 22.3. The van der Waals surface area contributed by atoms with Crippen LogP contribution in [0, 0.1) is 17.8 Å². The topological polar surface area (TPSA) is 61.4 Å². The van der Waals surface area contributed by atoms with Crippen LogP contribution < -0.4 is 10.6 Å². The highest BCUT2D eigenvalue weighted by Gasteiger charge is 2.41. The smallest absolute Gasteiger partial charge is 0.255 e. The van der Waals surface area contributed by atoms with Crippen LogP contribution >= 0.6 is 0 Å². The average molecular weight is 462 g/mol. The summed E-state index contributed by atoms with van der Waals surface area (Å²) in [4.78, 5) is 27.3. The molecule has 2 N–H and O–H groups in total. The quantitative estimate of drug-likeness (QED) is 0.668. The molecule has 5 aliphatic rings. The Hall–Kier alpha value is -2.14. The van der Waals surface area contributed by atoms with Gasteiger partial charge in [-0.05, 0) is 92.7 Å². The minimum atomic E-state index is -0.383. The molecule has 2 bridgehead atoms. The van der Waals surface area contributed by atoms with Crippen molar-refractivity contribution in [3.8, 4) is 0 Å². The number of nitrogens with one attached hydrogen (secondary N) is 2. The van der Waals surface area contributed by atoms with Crippen molar-refractivity contribution in [2.75, 3.05) is 0 Å². The number of carbonyl (C=O) groups is 2. The first-order valence-electron chi connectivity index (χ1n) is 13.7. The Labute approximate surface area is 203 Å². The highest BCUT2D eigenvalue weighted by molar-refractivity contribution is 6.01. The fourth-order valence-electron chi connectivity index (χ4n) is 7.79. The lowest BCUT2D eigenvalue weighted by atomic mass is 9.78. The predicted octanol–water partition coefficient (Wildman–Crippen LogP) is 4.70. The van der Waals surface area contributed by atoms with Crippen molar-refractivity contribution in [1.29, 1.82) is 0 Å². The second-order valence-electron chi connectivity index (χ2n) is 11.6. The zero-order valence-corrected chi connectivity index (χ0v) is 20.4. The predicted molar refractivity (Wildman–Crippen MR) is 133 cm³/mol. The Balaban J connectivity index is 1.14. The van der Waals surface area contributed by atoms with E-state index in [-0.39, 0.29) is 17.9 Å². The number of nitrogens with zero attached hydrogens (tertiary/aromatic N) is 1. The normalized spacial score (nSPS) is 35.4. The molecule has 34 heavy (non-hydrogen) atoms. The van der Waals surface area contributed by atoms with Crippen molar-refractivity contribution in [2.45, 2.75) is 102 Å². The van der Waals surface area contributed by atoms with Gasteiger partial charge in [0, 0.05) is 29.9 Å². The van der Waals surface area contributed by atoms with Gasteiger partial charge < -0.3 is 15.5 Å². The van der Waals surface area contributed by atoms with Crippen LogP contribution in [0.3, 0.4) is 0 Å². The maximum Gasteiger partial charge on any atom is 0.255 e. The first-order chi connectivity index (χ1) is 16.6. The van der Waals surface area contributed by atoms with Crippen LogP contribution in [0.4, 0.5) is 0 Å². The number of piperidine rings is 1. The number of carbonyl (C=O) groups excluding carboxylic acids is 2. The third kappa shape index (κ3) is 4.10. The lowest BCUT2D eigenvalue weighted by molar-refractivity contribution is -0.126. The van der Waals surface area contributed by atoms with Gasteiger partial charge >= 0.3 is 0 Å². The highest BCUT2D eigenvalue weighted by Crippen LogP contribution is 2.43. The first-order valence-corrected chi connectivity index (χ1v) is 13.7. The summed E-state index contributed by atoms with van der Waals surface area (Å²) in [5.74, 6) is 2.40. The highest BCUT2D eigenvalue weighted by atomic mass is 16.2.